The summed E-state index contributed by atoms with van der Waals surface area (Å²) in [5.74, 6) is 0.491. The van der Waals surface area contributed by atoms with Crippen LogP contribution >= 0.6 is 0 Å². The molecule has 0 aromatic carbocycles. The fourth-order valence-corrected chi connectivity index (χ4v) is 4.17. The van der Waals surface area contributed by atoms with Crippen LogP contribution in [-0.2, 0) is 9.47 Å². The first kappa shape index (κ1) is 15.3. The molecular formula is C16H31NO2. The van der Waals surface area contributed by atoms with Crippen LogP contribution in [0.3, 0.4) is 0 Å². The minimum atomic E-state index is -0.0920. The third kappa shape index (κ3) is 2.98. The Morgan fingerprint density at radius 2 is 1.89 bits per heavy atom. The minimum Gasteiger partial charge on any atom is -0.374 e. The van der Waals surface area contributed by atoms with E-state index in [1.165, 1.54) is 6.42 Å². The van der Waals surface area contributed by atoms with Gasteiger partial charge in [0.2, 0.25) is 0 Å². The van der Waals surface area contributed by atoms with E-state index < -0.39 is 0 Å². The number of hydrogen-bond acceptors (Lipinski definition) is 3. The molecule has 1 N–H and O–H groups in total. The van der Waals surface area contributed by atoms with Crippen LogP contribution in [0.25, 0.3) is 0 Å². The first-order valence-electron chi connectivity index (χ1n) is 7.78. The van der Waals surface area contributed by atoms with Gasteiger partial charge >= 0.3 is 0 Å². The van der Waals surface area contributed by atoms with E-state index in [4.69, 9.17) is 9.47 Å². The van der Waals surface area contributed by atoms with Crippen molar-refractivity contribution >= 4 is 0 Å². The molecule has 2 aliphatic heterocycles. The van der Waals surface area contributed by atoms with Gasteiger partial charge in [-0.05, 0) is 60.4 Å². The molecule has 0 radical (unpaired) electrons. The lowest BCUT2D eigenvalue weighted by atomic mass is 9.74. The van der Waals surface area contributed by atoms with Gasteiger partial charge in [0.25, 0.3) is 0 Å². The normalized spacial score (nSPS) is 38.5. The van der Waals surface area contributed by atoms with Gasteiger partial charge in [0.15, 0.2) is 0 Å². The Morgan fingerprint density at radius 1 is 1.21 bits per heavy atom. The van der Waals surface area contributed by atoms with Gasteiger partial charge in [0.05, 0.1) is 16.8 Å². The first-order chi connectivity index (χ1) is 8.70. The van der Waals surface area contributed by atoms with E-state index in [0.29, 0.717) is 12.0 Å². The van der Waals surface area contributed by atoms with Crippen molar-refractivity contribution in [2.24, 2.45) is 5.92 Å². The van der Waals surface area contributed by atoms with Crippen molar-refractivity contribution in [3.05, 3.63) is 0 Å². The van der Waals surface area contributed by atoms with E-state index in [0.717, 1.165) is 26.0 Å². The number of hydrogen-bond donors (Lipinski definition) is 1. The number of ether oxygens (including phenoxy) is 2. The number of likely N-dealkylation sites (N-methyl/N-ethyl adjacent to an activating group) is 1. The molecule has 3 heteroatoms. The van der Waals surface area contributed by atoms with Gasteiger partial charge in [-0.15, -0.1) is 0 Å². The molecule has 0 amide bonds. The van der Waals surface area contributed by atoms with Gasteiger partial charge in [-0.2, -0.15) is 0 Å². The number of rotatable bonds is 4. The molecule has 3 nitrogen and oxygen atoms in total. The van der Waals surface area contributed by atoms with E-state index in [-0.39, 0.29) is 16.8 Å². The number of nitrogens with one attached hydrogen (secondary N) is 1. The van der Waals surface area contributed by atoms with E-state index in [1.54, 1.807) is 0 Å². The first-order valence-corrected chi connectivity index (χ1v) is 7.78. The van der Waals surface area contributed by atoms with Crippen LogP contribution in [0, 0.1) is 5.92 Å². The summed E-state index contributed by atoms with van der Waals surface area (Å²) in [5.41, 5.74) is -0.163. The molecule has 19 heavy (non-hydrogen) atoms. The molecule has 112 valence electrons. The van der Waals surface area contributed by atoms with Gasteiger partial charge in [-0.1, -0.05) is 6.92 Å². The second-order valence-electron chi connectivity index (χ2n) is 7.58. The SMILES string of the molecule is CCNC(C1CC(C)(C)OC1(C)C)C1(C)CCCO1. The standard InChI is InChI=1S/C16H31NO2/c1-7-17-13(16(6)9-8-10-18-16)12-11-14(2,3)19-15(12,4)5/h12-13,17H,7-11H2,1-6H3. The highest BCUT2D eigenvalue weighted by Gasteiger charge is 2.54. The Bertz CT molecular complexity index is 319. The maximum absolute atomic E-state index is 6.29. The maximum Gasteiger partial charge on any atom is 0.0811 e. The van der Waals surface area contributed by atoms with Gasteiger partial charge in [0.1, 0.15) is 0 Å². The molecular weight excluding hydrogens is 238 g/mol. The van der Waals surface area contributed by atoms with Gasteiger partial charge in [0, 0.05) is 18.6 Å². The van der Waals surface area contributed by atoms with Crippen LogP contribution in [0.2, 0.25) is 0 Å². The van der Waals surface area contributed by atoms with Crippen LogP contribution in [0.15, 0.2) is 0 Å². The van der Waals surface area contributed by atoms with E-state index in [1.807, 2.05) is 0 Å². The second kappa shape index (κ2) is 5.01. The van der Waals surface area contributed by atoms with Crippen LogP contribution in [-0.4, -0.2) is 36.0 Å². The van der Waals surface area contributed by atoms with Crippen molar-refractivity contribution in [1.82, 2.24) is 5.32 Å². The molecule has 2 fully saturated rings. The monoisotopic (exact) mass is 269 g/mol. The average molecular weight is 269 g/mol. The molecule has 0 aromatic rings. The van der Waals surface area contributed by atoms with Gasteiger partial charge in [-0.25, -0.2) is 0 Å². The fourth-order valence-electron chi connectivity index (χ4n) is 4.17. The predicted molar refractivity (Wildman–Crippen MR) is 78.4 cm³/mol. The van der Waals surface area contributed by atoms with Crippen molar-refractivity contribution in [1.29, 1.82) is 0 Å². The zero-order valence-corrected chi connectivity index (χ0v) is 13.5. The molecule has 0 spiro atoms. The molecule has 0 aliphatic carbocycles. The summed E-state index contributed by atoms with van der Waals surface area (Å²) in [6, 6.07) is 0.372. The highest BCUT2D eigenvalue weighted by atomic mass is 16.5. The van der Waals surface area contributed by atoms with Crippen LogP contribution in [0.5, 0.6) is 0 Å². The van der Waals surface area contributed by atoms with Crippen LogP contribution in [0.4, 0.5) is 0 Å². The van der Waals surface area contributed by atoms with Crippen molar-refractivity contribution in [3.8, 4) is 0 Å². The fraction of sp³-hybridized carbons (Fsp3) is 1.00. The summed E-state index contributed by atoms with van der Waals surface area (Å²) in [7, 11) is 0. The van der Waals surface area contributed by atoms with Crippen LogP contribution in [0.1, 0.15) is 60.8 Å². The van der Waals surface area contributed by atoms with E-state index in [9.17, 15) is 0 Å². The highest BCUT2D eigenvalue weighted by Crippen LogP contribution is 2.47. The Balaban J connectivity index is 2.24. The maximum atomic E-state index is 6.29. The summed E-state index contributed by atoms with van der Waals surface area (Å²) < 4.78 is 12.4. The lowest BCUT2D eigenvalue weighted by molar-refractivity contribution is -0.0948. The van der Waals surface area contributed by atoms with Crippen molar-refractivity contribution < 1.29 is 9.47 Å². The molecule has 0 bridgehead atoms. The third-order valence-corrected chi connectivity index (χ3v) is 4.88. The molecule has 0 aromatic heterocycles. The zero-order valence-electron chi connectivity index (χ0n) is 13.5. The molecule has 0 saturated carbocycles. The second-order valence-corrected chi connectivity index (χ2v) is 7.58. The summed E-state index contributed by atoms with van der Waals surface area (Å²) in [6.07, 6.45) is 3.42. The van der Waals surface area contributed by atoms with E-state index in [2.05, 4.69) is 46.9 Å². The minimum absolute atomic E-state index is 0.0310. The summed E-state index contributed by atoms with van der Waals surface area (Å²) in [6.45, 7) is 15.2. The summed E-state index contributed by atoms with van der Waals surface area (Å²) >= 11 is 0. The zero-order chi connectivity index (χ0) is 14.3. The largest absolute Gasteiger partial charge is 0.374 e. The smallest absolute Gasteiger partial charge is 0.0811 e. The Morgan fingerprint density at radius 3 is 2.32 bits per heavy atom. The topological polar surface area (TPSA) is 30.5 Å². The Labute approximate surface area is 118 Å². The van der Waals surface area contributed by atoms with Crippen molar-refractivity contribution in [2.75, 3.05) is 13.2 Å². The molecule has 3 atom stereocenters. The highest BCUT2D eigenvalue weighted by molar-refractivity contribution is 5.06. The predicted octanol–water partition coefficient (Wildman–Crippen LogP) is 3.13. The van der Waals surface area contributed by atoms with Crippen molar-refractivity contribution in [3.63, 3.8) is 0 Å². The molecule has 2 rings (SSSR count). The Hall–Kier alpha value is -0.120. The van der Waals surface area contributed by atoms with Gasteiger partial charge < -0.3 is 14.8 Å². The quantitative estimate of drug-likeness (QED) is 0.850. The molecule has 2 heterocycles. The molecule has 3 unspecified atom stereocenters. The van der Waals surface area contributed by atoms with Gasteiger partial charge in [-0.3, -0.25) is 0 Å². The van der Waals surface area contributed by atoms with Crippen molar-refractivity contribution in [2.45, 2.75) is 83.6 Å². The van der Waals surface area contributed by atoms with E-state index >= 15 is 0 Å². The summed E-state index contributed by atoms with van der Waals surface area (Å²) in [4.78, 5) is 0. The summed E-state index contributed by atoms with van der Waals surface area (Å²) in [5, 5.41) is 3.70. The lowest BCUT2D eigenvalue weighted by Gasteiger charge is -2.42. The average Bonchev–Trinajstić information content (AvgIpc) is 2.77. The molecule has 2 saturated heterocycles. The lowest BCUT2D eigenvalue weighted by Crippen LogP contribution is -2.56. The third-order valence-electron chi connectivity index (χ3n) is 4.88. The van der Waals surface area contributed by atoms with Crippen LogP contribution < -0.4 is 5.32 Å². The Kier molecular flexibility index (Phi) is 4.03. The molecule has 2 aliphatic rings.